The zero-order chi connectivity index (χ0) is 19.2. The molecule has 3 heteroatoms. The van der Waals surface area contributed by atoms with E-state index in [1.807, 2.05) is 0 Å². The van der Waals surface area contributed by atoms with Crippen molar-refractivity contribution in [3.63, 3.8) is 0 Å². The Balaban J connectivity index is 1.90. The van der Waals surface area contributed by atoms with Crippen molar-refractivity contribution in [2.24, 2.45) is 0 Å². The molecule has 2 aliphatic rings. The van der Waals surface area contributed by atoms with Gasteiger partial charge in [0, 0.05) is 17.5 Å². The summed E-state index contributed by atoms with van der Waals surface area (Å²) in [5.41, 5.74) is 5.96. The Kier molecular flexibility index (Phi) is 4.67. The Morgan fingerprint density at radius 3 is 2.63 bits per heavy atom. The molecule has 2 aromatic rings. The van der Waals surface area contributed by atoms with Crippen LogP contribution in [0.2, 0.25) is 0 Å². The standard InChI is InChI=1S/C24H30O3/c1-5-6-7-8-16-14-20-22(23(25)21(16)19-11-12-26-19)17-13-15(2)9-10-18(17)24(3,4)27-20/h9-10,13-14,19,25H,5-8,11-12H2,1-4H3. The van der Waals surface area contributed by atoms with E-state index in [1.165, 1.54) is 24.0 Å². The normalized spacial score (nSPS) is 19.6. The predicted octanol–water partition coefficient (Wildman–Crippen LogP) is 6.19. The molecular weight excluding hydrogens is 336 g/mol. The first-order valence-electron chi connectivity index (χ1n) is 10.2. The number of hydrogen-bond acceptors (Lipinski definition) is 3. The molecule has 3 nitrogen and oxygen atoms in total. The number of unbranched alkanes of at least 4 members (excludes halogenated alkanes) is 2. The molecular formula is C24H30O3. The van der Waals surface area contributed by atoms with E-state index < -0.39 is 5.60 Å². The highest BCUT2D eigenvalue weighted by Crippen LogP contribution is 2.53. The zero-order valence-electron chi connectivity index (χ0n) is 16.9. The second kappa shape index (κ2) is 6.87. The van der Waals surface area contributed by atoms with E-state index in [0.29, 0.717) is 5.75 Å². The summed E-state index contributed by atoms with van der Waals surface area (Å²) < 4.78 is 12.2. The Morgan fingerprint density at radius 1 is 1.19 bits per heavy atom. The van der Waals surface area contributed by atoms with Gasteiger partial charge in [-0.3, -0.25) is 0 Å². The number of phenolic OH excluding ortho intramolecular Hbond substituents is 1. The van der Waals surface area contributed by atoms with Crippen LogP contribution in [0.4, 0.5) is 0 Å². The van der Waals surface area contributed by atoms with Gasteiger partial charge in [-0.2, -0.15) is 0 Å². The molecule has 0 bridgehead atoms. The fourth-order valence-corrected chi connectivity index (χ4v) is 4.37. The van der Waals surface area contributed by atoms with Gasteiger partial charge >= 0.3 is 0 Å². The fourth-order valence-electron chi connectivity index (χ4n) is 4.37. The third-order valence-electron chi connectivity index (χ3n) is 5.92. The van der Waals surface area contributed by atoms with E-state index in [0.717, 1.165) is 53.9 Å². The van der Waals surface area contributed by atoms with Crippen molar-refractivity contribution in [2.45, 2.75) is 71.5 Å². The first-order chi connectivity index (χ1) is 12.9. The number of benzene rings is 2. The Labute approximate surface area is 162 Å². The maximum atomic E-state index is 11.4. The van der Waals surface area contributed by atoms with Crippen molar-refractivity contribution in [1.29, 1.82) is 0 Å². The van der Waals surface area contributed by atoms with Crippen LogP contribution in [0.15, 0.2) is 24.3 Å². The Morgan fingerprint density at radius 2 is 1.96 bits per heavy atom. The van der Waals surface area contributed by atoms with Crippen molar-refractivity contribution in [3.8, 4) is 22.6 Å². The highest BCUT2D eigenvalue weighted by atomic mass is 16.5. The van der Waals surface area contributed by atoms with E-state index in [4.69, 9.17) is 9.47 Å². The van der Waals surface area contributed by atoms with Gasteiger partial charge in [0.1, 0.15) is 17.1 Å². The van der Waals surface area contributed by atoms with Crippen LogP contribution in [-0.4, -0.2) is 11.7 Å². The van der Waals surface area contributed by atoms with Crippen LogP contribution < -0.4 is 4.74 Å². The topological polar surface area (TPSA) is 38.7 Å². The monoisotopic (exact) mass is 366 g/mol. The molecule has 4 rings (SSSR count). The van der Waals surface area contributed by atoms with E-state index in [-0.39, 0.29) is 6.10 Å². The molecule has 2 aliphatic heterocycles. The van der Waals surface area contributed by atoms with Crippen molar-refractivity contribution in [3.05, 3.63) is 46.5 Å². The SMILES string of the molecule is CCCCCc1cc2c(c(O)c1C1CCO1)-c1cc(C)ccc1C(C)(C)O2. The van der Waals surface area contributed by atoms with Gasteiger partial charge in [0.2, 0.25) is 0 Å². The minimum atomic E-state index is -0.419. The molecule has 1 N–H and O–H groups in total. The maximum Gasteiger partial charge on any atom is 0.133 e. The number of ether oxygens (including phenoxy) is 2. The first kappa shape index (κ1) is 18.4. The molecule has 0 aliphatic carbocycles. The summed E-state index contributed by atoms with van der Waals surface area (Å²) in [7, 11) is 0. The van der Waals surface area contributed by atoms with E-state index in [1.54, 1.807) is 0 Å². The molecule has 0 saturated carbocycles. The molecule has 0 spiro atoms. The summed E-state index contributed by atoms with van der Waals surface area (Å²) in [4.78, 5) is 0. The predicted molar refractivity (Wildman–Crippen MR) is 108 cm³/mol. The number of aryl methyl sites for hydroxylation is 2. The smallest absolute Gasteiger partial charge is 0.133 e. The van der Waals surface area contributed by atoms with Gasteiger partial charge in [0.25, 0.3) is 0 Å². The van der Waals surface area contributed by atoms with Gasteiger partial charge in [-0.15, -0.1) is 0 Å². The summed E-state index contributed by atoms with van der Waals surface area (Å²) in [5.74, 6) is 1.15. The summed E-state index contributed by atoms with van der Waals surface area (Å²) in [6, 6.07) is 8.57. The van der Waals surface area contributed by atoms with Gasteiger partial charge < -0.3 is 14.6 Å². The minimum Gasteiger partial charge on any atom is -0.507 e. The molecule has 1 saturated heterocycles. The molecule has 1 fully saturated rings. The van der Waals surface area contributed by atoms with Crippen LogP contribution >= 0.6 is 0 Å². The average molecular weight is 367 g/mol. The van der Waals surface area contributed by atoms with Gasteiger partial charge in [-0.25, -0.2) is 0 Å². The van der Waals surface area contributed by atoms with E-state index >= 15 is 0 Å². The zero-order valence-corrected chi connectivity index (χ0v) is 16.9. The third kappa shape index (κ3) is 3.12. The van der Waals surface area contributed by atoms with Crippen LogP contribution in [0.5, 0.6) is 11.5 Å². The summed E-state index contributed by atoms with van der Waals surface area (Å²) in [5, 5.41) is 11.4. The molecule has 0 radical (unpaired) electrons. The summed E-state index contributed by atoms with van der Waals surface area (Å²) in [6.07, 6.45) is 5.43. The van der Waals surface area contributed by atoms with Crippen LogP contribution in [0, 0.1) is 6.92 Å². The largest absolute Gasteiger partial charge is 0.507 e. The summed E-state index contributed by atoms with van der Waals surface area (Å²) in [6.45, 7) is 9.27. The molecule has 144 valence electrons. The lowest BCUT2D eigenvalue weighted by Gasteiger charge is -2.37. The van der Waals surface area contributed by atoms with Gasteiger partial charge in [-0.05, 0) is 50.8 Å². The molecule has 2 aromatic carbocycles. The highest BCUT2D eigenvalue weighted by molar-refractivity contribution is 5.84. The van der Waals surface area contributed by atoms with Gasteiger partial charge in [-0.1, -0.05) is 43.5 Å². The van der Waals surface area contributed by atoms with E-state index in [9.17, 15) is 5.11 Å². The second-order valence-corrected chi connectivity index (χ2v) is 8.44. The van der Waals surface area contributed by atoms with Crippen molar-refractivity contribution >= 4 is 0 Å². The van der Waals surface area contributed by atoms with Gasteiger partial charge in [0.05, 0.1) is 18.3 Å². The molecule has 2 heterocycles. The molecule has 0 aromatic heterocycles. The van der Waals surface area contributed by atoms with Crippen molar-refractivity contribution in [2.75, 3.05) is 6.61 Å². The maximum absolute atomic E-state index is 11.4. The highest BCUT2D eigenvalue weighted by Gasteiger charge is 2.37. The number of fused-ring (bicyclic) bond motifs is 3. The molecule has 1 unspecified atom stereocenters. The average Bonchev–Trinajstić information content (AvgIpc) is 2.55. The quantitative estimate of drug-likeness (QED) is 0.641. The lowest BCUT2D eigenvalue weighted by atomic mass is 9.82. The van der Waals surface area contributed by atoms with Crippen molar-refractivity contribution in [1.82, 2.24) is 0 Å². The summed E-state index contributed by atoms with van der Waals surface area (Å²) >= 11 is 0. The minimum absolute atomic E-state index is 0.00937. The molecule has 27 heavy (non-hydrogen) atoms. The fraction of sp³-hybridized carbons (Fsp3) is 0.500. The number of phenols is 1. The molecule has 1 atom stereocenters. The number of rotatable bonds is 5. The first-order valence-corrected chi connectivity index (χ1v) is 10.2. The lowest BCUT2D eigenvalue weighted by molar-refractivity contribution is -0.0543. The van der Waals surface area contributed by atoms with Crippen LogP contribution in [0.1, 0.15) is 74.8 Å². The number of aromatic hydroxyl groups is 1. The lowest BCUT2D eigenvalue weighted by Crippen LogP contribution is -2.30. The van der Waals surface area contributed by atoms with Gasteiger partial charge in [0.15, 0.2) is 0 Å². The van der Waals surface area contributed by atoms with Crippen LogP contribution in [0.3, 0.4) is 0 Å². The van der Waals surface area contributed by atoms with E-state index in [2.05, 4.69) is 52.0 Å². The Hall–Kier alpha value is -2.00. The van der Waals surface area contributed by atoms with Crippen molar-refractivity contribution < 1.29 is 14.6 Å². The Bertz CT molecular complexity index is 862. The molecule has 0 amide bonds. The van der Waals surface area contributed by atoms with Crippen LogP contribution in [0.25, 0.3) is 11.1 Å². The van der Waals surface area contributed by atoms with Crippen LogP contribution in [-0.2, 0) is 16.8 Å². The third-order valence-corrected chi connectivity index (χ3v) is 5.92. The second-order valence-electron chi connectivity index (χ2n) is 8.44. The number of hydrogen-bond donors (Lipinski definition) is 1.